The van der Waals surface area contributed by atoms with Crippen LogP contribution in [0.3, 0.4) is 0 Å². The molecule has 0 saturated carbocycles. The predicted octanol–water partition coefficient (Wildman–Crippen LogP) is 3.81. The van der Waals surface area contributed by atoms with Crippen LogP contribution in [0, 0.1) is 0 Å². The maximum atomic E-state index is 12.5. The van der Waals surface area contributed by atoms with Crippen molar-refractivity contribution in [3.8, 4) is 0 Å². The van der Waals surface area contributed by atoms with E-state index < -0.39 is 5.97 Å². The van der Waals surface area contributed by atoms with Gasteiger partial charge in [0.2, 0.25) is 0 Å². The summed E-state index contributed by atoms with van der Waals surface area (Å²) in [5.74, 6) is -0.740. The van der Waals surface area contributed by atoms with E-state index in [1.807, 2.05) is 0 Å². The van der Waals surface area contributed by atoms with Crippen molar-refractivity contribution >= 4 is 29.6 Å². The number of hydrogen-bond acceptors (Lipinski definition) is 5. The van der Waals surface area contributed by atoms with Crippen molar-refractivity contribution < 1.29 is 19.1 Å². The average molecular weight is 397 g/mol. The second-order valence-electron chi connectivity index (χ2n) is 5.98. The summed E-state index contributed by atoms with van der Waals surface area (Å²) in [6, 6.07) is 13.7. The zero-order valence-corrected chi connectivity index (χ0v) is 15.8. The molecule has 6 nitrogen and oxygen atoms in total. The Morgan fingerprint density at radius 1 is 1.07 bits per heavy atom. The zero-order valence-electron chi connectivity index (χ0n) is 15.1. The number of carbonyl (C=O) groups is 3. The van der Waals surface area contributed by atoms with E-state index in [4.69, 9.17) is 16.3 Å². The highest BCUT2D eigenvalue weighted by Gasteiger charge is 2.19. The third-order valence-corrected chi connectivity index (χ3v) is 4.39. The molecule has 0 unspecified atom stereocenters. The molecule has 0 bridgehead atoms. The van der Waals surface area contributed by atoms with Crippen LogP contribution in [-0.2, 0) is 11.3 Å². The van der Waals surface area contributed by atoms with E-state index in [1.54, 1.807) is 60.0 Å². The van der Waals surface area contributed by atoms with Crippen LogP contribution in [0.5, 0.6) is 0 Å². The van der Waals surface area contributed by atoms with Crippen molar-refractivity contribution in [2.45, 2.75) is 13.5 Å². The minimum absolute atomic E-state index is 0.00798. The van der Waals surface area contributed by atoms with Crippen LogP contribution in [0.25, 0.3) is 0 Å². The van der Waals surface area contributed by atoms with E-state index in [2.05, 4.69) is 4.98 Å². The number of nitrogens with zero attached hydrogens (tertiary/aromatic N) is 2. The highest BCUT2D eigenvalue weighted by atomic mass is 35.5. The molecule has 0 spiro atoms. The molecule has 0 fully saturated rings. The van der Waals surface area contributed by atoms with Gasteiger partial charge in [-0.15, -0.1) is 0 Å². The Morgan fingerprint density at radius 3 is 2.25 bits per heavy atom. The summed E-state index contributed by atoms with van der Waals surface area (Å²) in [6.07, 6.45) is 2.00. The van der Waals surface area contributed by atoms with E-state index in [9.17, 15) is 14.4 Å². The normalized spacial score (nSPS) is 10.5. The number of aldehydes is 1. The monoisotopic (exact) mass is 396 g/mol. The smallest absolute Gasteiger partial charge is 0.359 e. The molecule has 0 aliphatic rings. The number of benzene rings is 2. The summed E-state index contributed by atoms with van der Waals surface area (Å²) in [5.41, 5.74) is 2.09. The number of esters is 1. The maximum absolute atomic E-state index is 12.5. The molecule has 0 radical (unpaired) electrons. The fraction of sp³-hybridized carbons (Fsp3) is 0.143. The molecule has 0 N–H and O–H groups in total. The summed E-state index contributed by atoms with van der Waals surface area (Å²) in [7, 11) is 0. The van der Waals surface area contributed by atoms with Crippen molar-refractivity contribution in [1.29, 1.82) is 0 Å². The Labute approximate surface area is 166 Å². The first-order valence-electron chi connectivity index (χ1n) is 8.60. The summed E-state index contributed by atoms with van der Waals surface area (Å²) in [5, 5.41) is 0.570. The van der Waals surface area contributed by atoms with Crippen molar-refractivity contribution in [3.05, 3.63) is 88.0 Å². The first-order chi connectivity index (χ1) is 13.5. The number of ketones is 1. The van der Waals surface area contributed by atoms with E-state index >= 15 is 0 Å². The molecule has 1 heterocycles. The number of halogens is 1. The lowest BCUT2D eigenvalue weighted by molar-refractivity contribution is 0.0517. The second-order valence-corrected chi connectivity index (χ2v) is 6.41. The minimum Gasteiger partial charge on any atom is -0.461 e. The predicted molar refractivity (Wildman–Crippen MR) is 104 cm³/mol. The molecule has 0 amide bonds. The van der Waals surface area contributed by atoms with E-state index in [1.165, 1.54) is 6.33 Å². The van der Waals surface area contributed by atoms with E-state index in [0.29, 0.717) is 29.0 Å². The number of imidazole rings is 1. The van der Waals surface area contributed by atoms with Gasteiger partial charge in [0.1, 0.15) is 5.69 Å². The fourth-order valence-electron chi connectivity index (χ4n) is 2.72. The van der Waals surface area contributed by atoms with Crippen LogP contribution in [0.1, 0.15) is 49.4 Å². The Bertz CT molecular complexity index is 1010. The van der Waals surface area contributed by atoms with Crippen LogP contribution in [0.4, 0.5) is 0 Å². The number of aromatic nitrogens is 2. The van der Waals surface area contributed by atoms with Gasteiger partial charge in [-0.2, -0.15) is 0 Å². The van der Waals surface area contributed by atoms with Gasteiger partial charge in [0.15, 0.2) is 17.8 Å². The van der Waals surface area contributed by atoms with Gasteiger partial charge >= 0.3 is 5.97 Å². The Hall–Kier alpha value is -3.25. The van der Waals surface area contributed by atoms with E-state index in [-0.39, 0.29) is 23.8 Å². The Morgan fingerprint density at radius 2 is 1.68 bits per heavy atom. The maximum Gasteiger partial charge on any atom is 0.359 e. The molecule has 142 valence electrons. The van der Waals surface area contributed by atoms with Gasteiger partial charge in [-0.3, -0.25) is 9.59 Å². The van der Waals surface area contributed by atoms with Crippen LogP contribution in [-0.4, -0.2) is 34.2 Å². The summed E-state index contributed by atoms with van der Waals surface area (Å²) < 4.78 is 6.47. The van der Waals surface area contributed by atoms with Gasteiger partial charge in [-0.1, -0.05) is 35.9 Å². The number of ether oxygens (including phenoxy) is 1. The highest BCUT2D eigenvalue weighted by molar-refractivity contribution is 6.30. The quantitative estimate of drug-likeness (QED) is 0.345. The highest BCUT2D eigenvalue weighted by Crippen LogP contribution is 2.16. The molecule has 0 aliphatic carbocycles. The van der Waals surface area contributed by atoms with E-state index in [0.717, 1.165) is 5.56 Å². The van der Waals surface area contributed by atoms with Crippen molar-refractivity contribution in [3.63, 3.8) is 0 Å². The number of carbonyl (C=O) groups excluding carboxylic acids is 3. The van der Waals surface area contributed by atoms with Gasteiger partial charge in [0.05, 0.1) is 12.9 Å². The standard InChI is InChI=1S/C21H17ClN2O4/c1-2-28-21(27)19-18(12-25)24(13-23-19)11-14-3-5-15(6-4-14)20(26)16-7-9-17(22)10-8-16/h3-10,12-13H,2,11H2,1H3. The van der Waals surface area contributed by atoms with Gasteiger partial charge < -0.3 is 9.30 Å². The molecule has 2 aromatic carbocycles. The molecule has 0 aliphatic heterocycles. The zero-order chi connectivity index (χ0) is 20.1. The molecule has 1 aromatic heterocycles. The molecular formula is C21H17ClN2O4. The van der Waals surface area contributed by atoms with Crippen LogP contribution in [0.2, 0.25) is 5.02 Å². The summed E-state index contributed by atoms with van der Waals surface area (Å²) in [4.78, 5) is 39.8. The third kappa shape index (κ3) is 4.18. The van der Waals surface area contributed by atoms with Crippen molar-refractivity contribution in [2.75, 3.05) is 6.61 Å². The summed E-state index contributed by atoms with van der Waals surface area (Å²) >= 11 is 5.85. The topological polar surface area (TPSA) is 78.3 Å². The SMILES string of the molecule is CCOC(=O)c1ncn(Cc2ccc(C(=O)c3ccc(Cl)cc3)cc2)c1C=O. The molecule has 0 atom stereocenters. The van der Waals surface area contributed by atoms with Crippen molar-refractivity contribution in [1.82, 2.24) is 9.55 Å². The molecule has 3 aromatic rings. The van der Waals surface area contributed by atoms with Gasteiger partial charge in [-0.25, -0.2) is 9.78 Å². The molecule has 7 heteroatoms. The molecule has 3 rings (SSSR count). The molecule has 28 heavy (non-hydrogen) atoms. The second kappa shape index (κ2) is 8.63. The summed E-state index contributed by atoms with van der Waals surface area (Å²) in [6.45, 7) is 2.21. The van der Waals surface area contributed by atoms with Gasteiger partial charge in [0.25, 0.3) is 0 Å². The van der Waals surface area contributed by atoms with Gasteiger partial charge in [0, 0.05) is 22.7 Å². The van der Waals surface area contributed by atoms with Crippen LogP contribution >= 0.6 is 11.6 Å². The lowest BCUT2D eigenvalue weighted by atomic mass is 10.0. The third-order valence-electron chi connectivity index (χ3n) is 4.13. The lowest BCUT2D eigenvalue weighted by Gasteiger charge is -2.07. The van der Waals surface area contributed by atoms with Crippen molar-refractivity contribution in [2.24, 2.45) is 0 Å². The van der Waals surface area contributed by atoms with Gasteiger partial charge in [-0.05, 0) is 36.8 Å². The molecule has 0 saturated heterocycles. The Kier molecular flexibility index (Phi) is 6.01. The average Bonchev–Trinajstić information content (AvgIpc) is 3.11. The van der Waals surface area contributed by atoms with Crippen LogP contribution < -0.4 is 0 Å². The fourth-order valence-corrected chi connectivity index (χ4v) is 2.85. The number of rotatable bonds is 7. The molecular weight excluding hydrogens is 380 g/mol. The van der Waals surface area contributed by atoms with Crippen LogP contribution in [0.15, 0.2) is 54.9 Å². The Balaban J connectivity index is 1.78. The number of hydrogen-bond donors (Lipinski definition) is 0. The minimum atomic E-state index is -0.632. The lowest BCUT2D eigenvalue weighted by Crippen LogP contribution is -2.10. The first-order valence-corrected chi connectivity index (χ1v) is 8.98. The largest absolute Gasteiger partial charge is 0.461 e. The first kappa shape index (κ1) is 19.5.